The fourth-order valence-corrected chi connectivity index (χ4v) is 7.98. The van der Waals surface area contributed by atoms with Crippen LogP contribution in [0.3, 0.4) is 0 Å². The zero-order chi connectivity index (χ0) is 28.9. The standard InChI is InChI=1S/C30H34N6O4S.H2S/c1-4-36-26-12-11-24(20(3)29(26)32-33-36)25(16-28(37)38)21-10-9-19(2)22(15-21)17-34-18-23-7-6-14-35(23)30-27(41(34,39)40)8-5-13-31-30;/h5,8-13,15,23,25H,4,6-7,14,16-18H2,1-3H3,(H,37,38);1H2/t23-,25?;/m0./s1. The Kier molecular flexibility index (Phi) is 8.32. The molecule has 4 heterocycles. The number of rotatable bonds is 7. The highest BCUT2D eigenvalue weighted by molar-refractivity contribution is 7.89. The monoisotopic (exact) mass is 608 g/mol. The van der Waals surface area contributed by atoms with Gasteiger partial charge in [-0.15, -0.1) is 5.10 Å². The maximum Gasteiger partial charge on any atom is 0.304 e. The molecule has 1 unspecified atom stereocenters. The number of aliphatic carboxylic acids is 1. The average molecular weight is 609 g/mol. The van der Waals surface area contributed by atoms with E-state index in [-0.39, 0.29) is 37.4 Å². The number of aromatic nitrogens is 4. The predicted octanol–water partition coefficient (Wildman–Crippen LogP) is 4.36. The summed E-state index contributed by atoms with van der Waals surface area (Å²) in [4.78, 5) is 18.9. The Balaban J connectivity index is 0.00000353. The Bertz CT molecular complexity index is 1760. The van der Waals surface area contributed by atoms with E-state index in [0.717, 1.165) is 58.2 Å². The molecular formula is C30H36N6O4S2. The molecule has 2 atom stereocenters. The van der Waals surface area contributed by atoms with Crippen LogP contribution in [0, 0.1) is 13.8 Å². The van der Waals surface area contributed by atoms with E-state index in [0.29, 0.717) is 18.9 Å². The summed E-state index contributed by atoms with van der Waals surface area (Å²) in [5, 5.41) is 18.5. The summed E-state index contributed by atoms with van der Waals surface area (Å²) in [5.41, 5.74) is 6.09. The first-order valence-electron chi connectivity index (χ1n) is 14.0. The summed E-state index contributed by atoms with van der Waals surface area (Å²) in [6.45, 7) is 7.98. The number of anilines is 1. The van der Waals surface area contributed by atoms with Gasteiger partial charge in [0.05, 0.1) is 11.9 Å². The van der Waals surface area contributed by atoms with Crippen molar-refractivity contribution in [2.24, 2.45) is 0 Å². The van der Waals surface area contributed by atoms with Crippen molar-refractivity contribution in [3.8, 4) is 0 Å². The van der Waals surface area contributed by atoms with Gasteiger partial charge in [0, 0.05) is 44.3 Å². The number of hydrogen-bond donors (Lipinski definition) is 1. The quantitative estimate of drug-likeness (QED) is 0.329. The maximum absolute atomic E-state index is 13.9. The van der Waals surface area contributed by atoms with Gasteiger partial charge in [0.2, 0.25) is 10.0 Å². The second kappa shape index (κ2) is 11.7. The van der Waals surface area contributed by atoms with E-state index < -0.39 is 21.9 Å². The van der Waals surface area contributed by atoms with Gasteiger partial charge in [-0.1, -0.05) is 29.5 Å². The lowest BCUT2D eigenvalue weighted by Gasteiger charge is -2.26. The fraction of sp³-hybridized carbons (Fsp3) is 0.400. The molecule has 1 N–H and O–H groups in total. The summed E-state index contributed by atoms with van der Waals surface area (Å²) in [6, 6.07) is 13.2. The summed E-state index contributed by atoms with van der Waals surface area (Å²) in [5.74, 6) is -0.802. The second-order valence-corrected chi connectivity index (χ2v) is 12.9. The highest BCUT2D eigenvalue weighted by Crippen LogP contribution is 2.38. The number of carboxylic acid groups (broad SMARTS) is 1. The number of sulfonamides is 1. The number of benzene rings is 2. The van der Waals surface area contributed by atoms with Crippen LogP contribution in [0.4, 0.5) is 5.82 Å². The summed E-state index contributed by atoms with van der Waals surface area (Å²) in [6.07, 6.45) is 3.45. The van der Waals surface area contributed by atoms with E-state index in [4.69, 9.17) is 0 Å². The van der Waals surface area contributed by atoms with Crippen molar-refractivity contribution < 1.29 is 18.3 Å². The molecule has 0 bridgehead atoms. The topological polar surface area (TPSA) is 122 Å². The molecule has 6 rings (SSSR count). The highest BCUT2D eigenvalue weighted by atomic mass is 32.2. The van der Waals surface area contributed by atoms with Crippen molar-refractivity contribution in [2.45, 2.75) is 70.0 Å². The number of carboxylic acids is 1. The number of pyridine rings is 1. The lowest BCUT2D eigenvalue weighted by atomic mass is 9.84. The van der Waals surface area contributed by atoms with Gasteiger partial charge in [-0.25, -0.2) is 18.1 Å². The average Bonchev–Trinajstić information content (AvgIpc) is 3.58. The van der Waals surface area contributed by atoms with Crippen LogP contribution in [0.5, 0.6) is 0 Å². The largest absolute Gasteiger partial charge is 0.481 e. The van der Waals surface area contributed by atoms with Gasteiger partial charge in [-0.3, -0.25) is 4.79 Å². The van der Waals surface area contributed by atoms with E-state index in [2.05, 4.69) is 20.2 Å². The Morgan fingerprint density at radius 3 is 2.74 bits per heavy atom. The van der Waals surface area contributed by atoms with Crippen LogP contribution in [-0.4, -0.2) is 62.9 Å². The zero-order valence-electron chi connectivity index (χ0n) is 24.0. The summed E-state index contributed by atoms with van der Waals surface area (Å²) >= 11 is 0. The third-order valence-electron chi connectivity index (χ3n) is 8.59. The molecule has 0 saturated carbocycles. The maximum atomic E-state index is 13.9. The van der Waals surface area contributed by atoms with Gasteiger partial charge in [0.1, 0.15) is 16.2 Å². The van der Waals surface area contributed by atoms with Gasteiger partial charge in [-0.05, 0) is 79.6 Å². The lowest BCUT2D eigenvalue weighted by molar-refractivity contribution is -0.137. The molecule has 1 saturated heterocycles. The summed E-state index contributed by atoms with van der Waals surface area (Å²) in [7, 11) is -3.79. The van der Waals surface area contributed by atoms with E-state index in [9.17, 15) is 18.3 Å². The van der Waals surface area contributed by atoms with Gasteiger partial charge >= 0.3 is 5.97 Å². The first kappa shape index (κ1) is 30.0. The molecular weight excluding hydrogens is 573 g/mol. The van der Waals surface area contributed by atoms with Crippen LogP contribution >= 0.6 is 13.5 Å². The Morgan fingerprint density at radius 1 is 1.17 bits per heavy atom. The van der Waals surface area contributed by atoms with Crippen LogP contribution in [-0.2, 0) is 27.9 Å². The van der Waals surface area contributed by atoms with Gasteiger partial charge < -0.3 is 10.0 Å². The first-order valence-corrected chi connectivity index (χ1v) is 15.5. The molecule has 0 spiro atoms. The normalized spacial score (nSPS) is 18.6. The molecule has 0 amide bonds. The molecule has 222 valence electrons. The minimum atomic E-state index is -3.79. The Hall–Kier alpha value is -3.48. The van der Waals surface area contributed by atoms with Crippen molar-refractivity contribution in [1.82, 2.24) is 24.3 Å². The van der Waals surface area contributed by atoms with E-state index in [1.165, 1.54) is 0 Å². The molecule has 12 heteroatoms. The smallest absolute Gasteiger partial charge is 0.304 e. The number of hydrogen-bond acceptors (Lipinski definition) is 7. The van der Waals surface area contributed by atoms with E-state index in [1.807, 2.05) is 55.8 Å². The molecule has 1 fully saturated rings. The van der Waals surface area contributed by atoms with Crippen molar-refractivity contribution in [1.29, 1.82) is 0 Å². The van der Waals surface area contributed by atoms with Crippen molar-refractivity contribution >= 4 is 46.3 Å². The van der Waals surface area contributed by atoms with Crippen molar-refractivity contribution in [3.05, 3.63) is 76.5 Å². The fourth-order valence-electron chi connectivity index (χ4n) is 6.37. The number of carbonyl (C=O) groups is 1. The van der Waals surface area contributed by atoms with Crippen molar-refractivity contribution in [2.75, 3.05) is 18.0 Å². The Morgan fingerprint density at radius 2 is 1.98 bits per heavy atom. The van der Waals surface area contributed by atoms with Gasteiger partial charge in [0.15, 0.2) is 0 Å². The minimum Gasteiger partial charge on any atom is -0.481 e. The molecule has 42 heavy (non-hydrogen) atoms. The molecule has 0 aliphatic carbocycles. The highest BCUT2D eigenvalue weighted by Gasteiger charge is 2.40. The minimum absolute atomic E-state index is 0. The molecule has 2 aliphatic heterocycles. The molecule has 2 aliphatic rings. The molecule has 2 aromatic carbocycles. The molecule has 0 radical (unpaired) electrons. The molecule has 10 nitrogen and oxygen atoms in total. The Labute approximate surface area is 252 Å². The van der Waals surface area contributed by atoms with E-state index >= 15 is 0 Å². The summed E-state index contributed by atoms with van der Waals surface area (Å²) < 4.78 is 31.2. The van der Waals surface area contributed by atoms with Gasteiger partial charge in [0.25, 0.3) is 0 Å². The number of fused-ring (bicyclic) bond motifs is 4. The van der Waals surface area contributed by atoms with E-state index in [1.54, 1.807) is 22.6 Å². The third kappa shape index (κ3) is 5.16. The lowest BCUT2D eigenvalue weighted by Crippen LogP contribution is -2.39. The van der Waals surface area contributed by atoms with Crippen molar-refractivity contribution in [3.63, 3.8) is 0 Å². The van der Waals surface area contributed by atoms with Crippen LogP contribution in [0.1, 0.15) is 59.9 Å². The number of aryl methyl sites for hydroxylation is 3. The molecule has 2 aromatic heterocycles. The molecule has 4 aromatic rings. The zero-order valence-corrected chi connectivity index (χ0v) is 25.8. The SMILES string of the molecule is CCn1nnc2c(C)c(C(CC(=O)O)c3ccc(C)c(CN4C[C@@H]5CCCN5c5ncccc5S4(=O)=O)c3)ccc21.S. The van der Waals surface area contributed by atoms with Crippen LogP contribution in [0.2, 0.25) is 0 Å². The second-order valence-electron chi connectivity index (χ2n) is 11.0. The van der Waals surface area contributed by atoms with Crippen LogP contribution < -0.4 is 4.90 Å². The number of nitrogens with zero attached hydrogens (tertiary/aromatic N) is 6. The predicted molar refractivity (Wildman–Crippen MR) is 166 cm³/mol. The first-order chi connectivity index (χ1) is 19.7. The van der Waals surface area contributed by atoms with Crippen LogP contribution in [0.25, 0.3) is 11.0 Å². The third-order valence-corrected chi connectivity index (χ3v) is 10.4. The van der Waals surface area contributed by atoms with Gasteiger partial charge in [-0.2, -0.15) is 17.8 Å². The van der Waals surface area contributed by atoms with Crippen LogP contribution in [0.15, 0.2) is 53.6 Å².